The number of carbonyl (C=O) groups is 1. The van der Waals surface area contributed by atoms with Crippen LogP contribution in [-0.2, 0) is 9.53 Å². The van der Waals surface area contributed by atoms with E-state index in [9.17, 15) is 9.18 Å². The van der Waals surface area contributed by atoms with Crippen molar-refractivity contribution in [3.8, 4) is 0 Å². The Bertz CT molecular complexity index is 367. The topological polar surface area (TPSA) is 29.5 Å². The second kappa shape index (κ2) is 5.63. The number of esters is 1. The molecule has 3 aliphatic rings. The predicted molar refractivity (Wildman–Crippen MR) is 75.0 cm³/mol. The van der Waals surface area contributed by atoms with Crippen LogP contribution in [0.4, 0.5) is 4.39 Å². The fraction of sp³-hybridized carbons (Fsp3) is 0.938. The first-order valence-electron chi connectivity index (χ1n) is 8.05. The van der Waals surface area contributed by atoms with Crippen LogP contribution in [0.15, 0.2) is 0 Å². The number of ether oxygens (including phenoxy) is 1. The van der Waals surface area contributed by atoms with Gasteiger partial charge >= 0.3 is 5.97 Å². The monoisotopic (exact) mass is 283 g/mol. The number of piperidine rings is 1. The Morgan fingerprint density at radius 3 is 2.50 bits per heavy atom. The molecule has 3 rings (SSSR count). The molecule has 1 aliphatic carbocycles. The molecular weight excluding hydrogens is 257 g/mol. The molecule has 4 atom stereocenters. The number of methoxy groups -OCH3 is 1. The maximum absolute atomic E-state index is 13.4. The van der Waals surface area contributed by atoms with Gasteiger partial charge in [-0.1, -0.05) is 0 Å². The van der Waals surface area contributed by atoms with E-state index in [0.717, 1.165) is 25.7 Å². The van der Waals surface area contributed by atoms with Crippen LogP contribution in [0.1, 0.15) is 44.9 Å². The number of hydrogen-bond donors (Lipinski definition) is 0. The molecule has 0 aromatic carbocycles. The Balaban J connectivity index is 1.79. The van der Waals surface area contributed by atoms with Crippen LogP contribution >= 0.6 is 0 Å². The Morgan fingerprint density at radius 2 is 1.85 bits per heavy atom. The fourth-order valence-electron chi connectivity index (χ4n) is 4.96. The maximum Gasteiger partial charge on any atom is 0.310 e. The summed E-state index contributed by atoms with van der Waals surface area (Å²) in [6.45, 7) is 0. The van der Waals surface area contributed by atoms with Crippen molar-refractivity contribution in [3.63, 3.8) is 0 Å². The number of rotatable bonds is 2. The van der Waals surface area contributed by atoms with Crippen LogP contribution in [0.2, 0.25) is 0 Å². The van der Waals surface area contributed by atoms with Crippen molar-refractivity contribution in [2.75, 3.05) is 14.2 Å². The summed E-state index contributed by atoms with van der Waals surface area (Å²) in [6, 6.07) is 0.961. The molecular formula is C16H26FNO2. The van der Waals surface area contributed by atoms with E-state index in [1.54, 1.807) is 0 Å². The lowest BCUT2D eigenvalue weighted by molar-refractivity contribution is -0.154. The van der Waals surface area contributed by atoms with E-state index in [0.29, 0.717) is 36.8 Å². The van der Waals surface area contributed by atoms with Crippen molar-refractivity contribution >= 4 is 5.97 Å². The van der Waals surface area contributed by atoms with Crippen LogP contribution in [-0.4, -0.2) is 43.3 Å². The summed E-state index contributed by atoms with van der Waals surface area (Å²) in [5, 5.41) is 0. The quantitative estimate of drug-likeness (QED) is 0.730. The molecule has 4 heteroatoms. The average Bonchev–Trinajstić information content (AvgIpc) is 2.70. The highest BCUT2D eigenvalue weighted by Gasteiger charge is 2.51. The van der Waals surface area contributed by atoms with E-state index in [2.05, 4.69) is 11.9 Å². The lowest BCUT2D eigenvalue weighted by Gasteiger charge is -2.45. The molecule has 114 valence electrons. The summed E-state index contributed by atoms with van der Waals surface area (Å²) in [7, 11) is 3.64. The van der Waals surface area contributed by atoms with Crippen molar-refractivity contribution in [2.24, 2.45) is 17.8 Å². The average molecular weight is 283 g/mol. The number of alkyl halides is 1. The molecule has 0 radical (unpaired) electrons. The van der Waals surface area contributed by atoms with Gasteiger partial charge < -0.3 is 4.74 Å². The first-order chi connectivity index (χ1) is 9.61. The summed E-state index contributed by atoms with van der Waals surface area (Å²) >= 11 is 0. The largest absolute Gasteiger partial charge is 0.469 e. The molecule has 20 heavy (non-hydrogen) atoms. The van der Waals surface area contributed by atoms with Gasteiger partial charge in [-0.2, -0.15) is 0 Å². The molecule has 2 heterocycles. The Morgan fingerprint density at radius 1 is 1.15 bits per heavy atom. The summed E-state index contributed by atoms with van der Waals surface area (Å²) in [4.78, 5) is 14.7. The molecule has 2 saturated heterocycles. The highest BCUT2D eigenvalue weighted by atomic mass is 19.1. The number of carbonyl (C=O) groups excluding carboxylic acids is 1. The summed E-state index contributed by atoms with van der Waals surface area (Å²) in [5.74, 6) is 0.881. The van der Waals surface area contributed by atoms with E-state index in [1.165, 1.54) is 13.5 Å². The van der Waals surface area contributed by atoms with Gasteiger partial charge in [0.1, 0.15) is 6.17 Å². The molecule has 2 bridgehead atoms. The van der Waals surface area contributed by atoms with E-state index in [4.69, 9.17) is 4.74 Å². The second-order valence-electron chi connectivity index (χ2n) is 6.92. The van der Waals surface area contributed by atoms with Gasteiger partial charge in [0.25, 0.3) is 0 Å². The van der Waals surface area contributed by atoms with E-state index < -0.39 is 6.17 Å². The van der Waals surface area contributed by atoms with Gasteiger partial charge in [0.2, 0.25) is 0 Å². The van der Waals surface area contributed by atoms with Crippen molar-refractivity contribution in [2.45, 2.75) is 63.2 Å². The van der Waals surface area contributed by atoms with Gasteiger partial charge in [0, 0.05) is 12.1 Å². The molecule has 0 amide bonds. The number of fused-ring (bicyclic) bond motifs is 2. The van der Waals surface area contributed by atoms with Crippen LogP contribution in [0, 0.1) is 17.8 Å². The zero-order chi connectivity index (χ0) is 14.3. The van der Waals surface area contributed by atoms with Crippen LogP contribution in [0.5, 0.6) is 0 Å². The SMILES string of the molecule is COC(=O)C1C2CC[C@H](C[C@@H]1C1CCC(F)CC1)N2C. The van der Waals surface area contributed by atoms with E-state index >= 15 is 0 Å². The standard InChI is InChI=1S/C16H26FNO2/c1-18-12-7-8-14(18)15(16(19)20-2)13(9-12)10-3-5-11(17)6-4-10/h10-15H,3-9H2,1-2H3/t10?,11?,12-,13-,14?,15?/m1/s1. The van der Waals surface area contributed by atoms with Crippen LogP contribution < -0.4 is 0 Å². The van der Waals surface area contributed by atoms with Crippen LogP contribution in [0.3, 0.4) is 0 Å². The molecule has 1 saturated carbocycles. The molecule has 2 aliphatic heterocycles. The van der Waals surface area contributed by atoms with Gasteiger partial charge in [-0.15, -0.1) is 0 Å². The zero-order valence-corrected chi connectivity index (χ0v) is 12.6. The van der Waals surface area contributed by atoms with Crippen LogP contribution in [0.25, 0.3) is 0 Å². The fourth-order valence-corrected chi connectivity index (χ4v) is 4.96. The Labute approximate surface area is 120 Å². The Hall–Kier alpha value is -0.640. The molecule has 0 aromatic rings. The van der Waals surface area contributed by atoms with E-state index in [-0.39, 0.29) is 11.9 Å². The summed E-state index contributed by atoms with van der Waals surface area (Å²) in [6.07, 6.45) is 6.03. The van der Waals surface area contributed by atoms with Crippen molar-refractivity contribution < 1.29 is 13.9 Å². The minimum absolute atomic E-state index is 0.00455. The molecule has 0 aromatic heterocycles. The number of nitrogens with zero attached hydrogens (tertiary/aromatic N) is 1. The minimum atomic E-state index is -0.620. The van der Waals surface area contributed by atoms with Gasteiger partial charge in [-0.3, -0.25) is 9.69 Å². The van der Waals surface area contributed by atoms with E-state index in [1.807, 2.05) is 0 Å². The van der Waals surface area contributed by atoms with Gasteiger partial charge in [0.05, 0.1) is 13.0 Å². The first-order valence-corrected chi connectivity index (χ1v) is 8.05. The molecule has 0 N–H and O–H groups in total. The molecule has 3 nitrogen and oxygen atoms in total. The molecule has 3 fully saturated rings. The van der Waals surface area contributed by atoms with Crippen molar-refractivity contribution in [3.05, 3.63) is 0 Å². The molecule has 0 spiro atoms. The third-order valence-electron chi connectivity index (χ3n) is 6.10. The lowest BCUT2D eigenvalue weighted by atomic mass is 9.68. The molecule has 2 unspecified atom stereocenters. The smallest absolute Gasteiger partial charge is 0.310 e. The zero-order valence-electron chi connectivity index (χ0n) is 12.6. The van der Waals surface area contributed by atoms with Gasteiger partial charge in [0.15, 0.2) is 0 Å². The van der Waals surface area contributed by atoms with Crippen molar-refractivity contribution in [1.82, 2.24) is 4.90 Å². The third-order valence-corrected chi connectivity index (χ3v) is 6.10. The second-order valence-corrected chi connectivity index (χ2v) is 6.92. The summed E-state index contributed by atoms with van der Waals surface area (Å²) in [5.41, 5.74) is 0. The summed E-state index contributed by atoms with van der Waals surface area (Å²) < 4.78 is 18.5. The normalized spacial score (nSPS) is 45.4. The third kappa shape index (κ3) is 2.36. The first kappa shape index (κ1) is 14.3. The lowest BCUT2D eigenvalue weighted by Crippen LogP contribution is -2.52. The van der Waals surface area contributed by atoms with Gasteiger partial charge in [-0.05, 0) is 63.8 Å². The highest BCUT2D eigenvalue weighted by Crippen LogP contribution is 2.48. The number of halogens is 1. The number of hydrogen-bond acceptors (Lipinski definition) is 3. The minimum Gasteiger partial charge on any atom is -0.469 e. The highest BCUT2D eigenvalue weighted by molar-refractivity contribution is 5.74. The van der Waals surface area contributed by atoms with Gasteiger partial charge in [-0.25, -0.2) is 4.39 Å². The Kier molecular flexibility index (Phi) is 4.02. The maximum atomic E-state index is 13.4. The predicted octanol–water partition coefficient (Wildman–Crippen LogP) is 2.79. The van der Waals surface area contributed by atoms with Crippen molar-refractivity contribution in [1.29, 1.82) is 0 Å².